The van der Waals surface area contributed by atoms with Crippen LogP contribution in [0.3, 0.4) is 0 Å². The summed E-state index contributed by atoms with van der Waals surface area (Å²) in [5.74, 6) is -0.0407. The molecule has 0 aromatic heterocycles. The van der Waals surface area contributed by atoms with Crippen LogP contribution in [0.1, 0.15) is 22.8 Å². The Kier molecular flexibility index (Phi) is 4.72. The first-order valence-corrected chi connectivity index (χ1v) is 7.95. The van der Waals surface area contributed by atoms with E-state index >= 15 is 0 Å². The topological polar surface area (TPSA) is 23.6 Å². The van der Waals surface area contributed by atoms with Crippen molar-refractivity contribution < 1.29 is 9.18 Å². The Labute approximate surface area is 136 Å². The van der Waals surface area contributed by atoms with E-state index in [1.54, 1.807) is 13.0 Å². The number of rotatable bonds is 4. The van der Waals surface area contributed by atoms with E-state index in [0.29, 0.717) is 6.54 Å². The number of carbonyl (C=O) groups excluding carboxylic acids is 1. The molecule has 1 saturated heterocycles. The Hall–Kier alpha value is -2.20. The zero-order valence-corrected chi connectivity index (χ0v) is 13.3. The maximum absolute atomic E-state index is 13.7. The van der Waals surface area contributed by atoms with Gasteiger partial charge in [0.25, 0.3) is 0 Å². The molecule has 0 atom stereocenters. The zero-order valence-electron chi connectivity index (χ0n) is 13.3. The number of benzene rings is 2. The summed E-state index contributed by atoms with van der Waals surface area (Å²) in [7, 11) is 0. The van der Waals surface area contributed by atoms with Gasteiger partial charge < -0.3 is 4.90 Å². The number of hydrogen-bond acceptors (Lipinski definition) is 3. The zero-order chi connectivity index (χ0) is 16.2. The van der Waals surface area contributed by atoms with E-state index < -0.39 is 0 Å². The van der Waals surface area contributed by atoms with E-state index in [9.17, 15) is 9.18 Å². The van der Waals surface area contributed by atoms with Crippen LogP contribution in [0.5, 0.6) is 0 Å². The molecule has 2 aromatic rings. The molecule has 120 valence electrons. The van der Waals surface area contributed by atoms with E-state index in [2.05, 4.69) is 9.80 Å². The number of anilines is 1. The molecule has 3 rings (SSSR count). The lowest BCUT2D eigenvalue weighted by Crippen LogP contribution is -2.46. The second-order valence-corrected chi connectivity index (χ2v) is 5.96. The van der Waals surface area contributed by atoms with Crippen molar-refractivity contribution >= 4 is 11.5 Å². The van der Waals surface area contributed by atoms with Gasteiger partial charge in [-0.1, -0.05) is 18.2 Å². The van der Waals surface area contributed by atoms with Gasteiger partial charge in [-0.3, -0.25) is 9.69 Å². The molecule has 0 aliphatic carbocycles. The summed E-state index contributed by atoms with van der Waals surface area (Å²) >= 11 is 0. The van der Waals surface area contributed by atoms with Crippen molar-refractivity contribution in [2.75, 3.05) is 31.1 Å². The van der Waals surface area contributed by atoms with Gasteiger partial charge in [0.15, 0.2) is 5.78 Å². The number of nitrogens with zero attached hydrogens (tertiary/aromatic N) is 2. The Bertz CT molecular complexity index is 676. The highest BCUT2D eigenvalue weighted by Gasteiger charge is 2.18. The maximum atomic E-state index is 13.7. The second-order valence-electron chi connectivity index (χ2n) is 5.96. The Balaban J connectivity index is 1.58. The number of carbonyl (C=O) groups is 1. The summed E-state index contributed by atoms with van der Waals surface area (Å²) in [6, 6.07) is 14.7. The van der Waals surface area contributed by atoms with E-state index in [1.807, 2.05) is 36.4 Å². The Morgan fingerprint density at radius 3 is 2.26 bits per heavy atom. The minimum Gasteiger partial charge on any atom is -0.369 e. The van der Waals surface area contributed by atoms with Gasteiger partial charge in [0.1, 0.15) is 5.82 Å². The lowest BCUT2D eigenvalue weighted by atomic mass is 10.1. The maximum Gasteiger partial charge on any atom is 0.159 e. The van der Waals surface area contributed by atoms with E-state index in [0.717, 1.165) is 43.0 Å². The summed E-state index contributed by atoms with van der Waals surface area (Å²) in [5, 5.41) is 0. The first kappa shape index (κ1) is 15.7. The molecule has 0 unspecified atom stereocenters. The minimum absolute atomic E-state index is 0.0891. The van der Waals surface area contributed by atoms with Crippen molar-refractivity contribution in [1.29, 1.82) is 0 Å². The van der Waals surface area contributed by atoms with Crippen LogP contribution in [-0.4, -0.2) is 36.9 Å². The average Bonchev–Trinajstić information content (AvgIpc) is 2.58. The minimum atomic E-state index is -0.130. The van der Waals surface area contributed by atoms with Gasteiger partial charge in [0.2, 0.25) is 0 Å². The van der Waals surface area contributed by atoms with Crippen molar-refractivity contribution in [3.05, 3.63) is 65.5 Å². The van der Waals surface area contributed by atoms with Crippen LogP contribution < -0.4 is 4.90 Å². The van der Waals surface area contributed by atoms with Crippen molar-refractivity contribution in [3.63, 3.8) is 0 Å². The average molecular weight is 312 g/mol. The Morgan fingerprint density at radius 1 is 1.00 bits per heavy atom. The van der Waals surface area contributed by atoms with Gasteiger partial charge in [-0.15, -0.1) is 0 Å². The van der Waals surface area contributed by atoms with Crippen LogP contribution in [0.4, 0.5) is 10.1 Å². The van der Waals surface area contributed by atoms with E-state index in [-0.39, 0.29) is 11.6 Å². The summed E-state index contributed by atoms with van der Waals surface area (Å²) in [6.45, 7) is 5.87. The lowest BCUT2D eigenvalue weighted by molar-refractivity contribution is 0.101. The highest BCUT2D eigenvalue weighted by Crippen LogP contribution is 2.19. The third-order valence-electron chi connectivity index (χ3n) is 4.36. The number of Topliss-reactive ketones (excluding diaryl/α,β-unsaturated/α-hetero) is 1. The van der Waals surface area contributed by atoms with Crippen LogP contribution in [0.2, 0.25) is 0 Å². The number of piperazine rings is 1. The standard InChI is InChI=1S/C19H21FN2O/c1-15(23)16-6-8-18(9-7-16)22-12-10-21(11-13-22)14-17-4-2-3-5-19(17)20/h2-9H,10-14H2,1H3. The van der Waals surface area contributed by atoms with Crippen molar-refractivity contribution in [3.8, 4) is 0 Å². The lowest BCUT2D eigenvalue weighted by Gasteiger charge is -2.36. The van der Waals surface area contributed by atoms with Gasteiger partial charge >= 0.3 is 0 Å². The largest absolute Gasteiger partial charge is 0.369 e. The van der Waals surface area contributed by atoms with Gasteiger partial charge in [-0.25, -0.2) is 4.39 Å². The summed E-state index contributed by atoms with van der Waals surface area (Å²) in [6.07, 6.45) is 0. The quantitative estimate of drug-likeness (QED) is 0.809. The fourth-order valence-corrected chi connectivity index (χ4v) is 2.94. The third kappa shape index (κ3) is 3.77. The van der Waals surface area contributed by atoms with E-state index in [4.69, 9.17) is 0 Å². The highest BCUT2D eigenvalue weighted by atomic mass is 19.1. The number of hydrogen-bond donors (Lipinski definition) is 0. The van der Waals surface area contributed by atoms with Crippen LogP contribution in [-0.2, 0) is 6.54 Å². The molecule has 1 aliphatic rings. The van der Waals surface area contributed by atoms with Gasteiger partial charge in [-0.2, -0.15) is 0 Å². The van der Waals surface area contributed by atoms with Gasteiger partial charge in [0.05, 0.1) is 0 Å². The molecule has 1 aliphatic heterocycles. The Morgan fingerprint density at radius 2 is 1.65 bits per heavy atom. The van der Waals surface area contributed by atoms with E-state index in [1.165, 1.54) is 6.07 Å². The monoisotopic (exact) mass is 312 g/mol. The molecule has 2 aromatic carbocycles. The fourth-order valence-electron chi connectivity index (χ4n) is 2.94. The molecule has 1 heterocycles. The molecule has 0 radical (unpaired) electrons. The summed E-state index contributed by atoms with van der Waals surface area (Å²) in [5.41, 5.74) is 2.64. The molecule has 0 bridgehead atoms. The van der Waals surface area contributed by atoms with Crippen LogP contribution in [0, 0.1) is 5.82 Å². The van der Waals surface area contributed by atoms with Gasteiger partial charge in [0, 0.05) is 49.5 Å². The molecule has 3 nitrogen and oxygen atoms in total. The molecule has 0 amide bonds. The van der Waals surface area contributed by atoms with Crippen molar-refractivity contribution in [1.82, 2.24) is 4.90 Å². The third-order valence-corrected chi connectivity index (χ3v) is 4.36. The first-order valence-electron chi connectivity index (χ1n) is 7.95. The van der Waals surface area contributed by atoms with Crippen molar-refractivity contribution in [2.45, 2.75) is 13.5 Å². The number of halogens is 1. The second kappa shape index (κ2) is 6.92. The predicted octanol–water partition coefficient (Wildman–Crippen LogP) is 3.35. The fraction of sp³-hybridized carbons (Fsp3) is 0.316. The highest BCUT2D eigenvalue weighted by molar-refractivity contribution is 5.94. The molecular weight excluding hydrogens is 291 g/mol. The molecule has 4 heteroatoms. The van der Waals surface area contributed by atoms with Crippen LogP contribution in [0.15, 0.2) is 48.5 Å². The summed E-state index contributed by atoms with van der Waals surface area (Å²) < 4.78 is 13.7. The molecule has 1 fully saturated rings. The van der Waals surface area contributed by atoms with Crippen LogP contribution >= 0.6 is 0 Å². The molecule has 0 saturated carbocycles. The molecule has 0 spiro atoms. The van der Waals surface area contributed by atoms with Gasteiger partial charge in [-0.05, 0) is 37.3 Å². The predicted molar refractivity (Wildman–Crippen MR) is 90.3 cm³/mol. The molecule has 0 N–H and O–H groups in total. The smallest absolute Gasteiger partial charge is 0.159 e. The molecular formula is C19H21FN2O. The van der Waals surface area contributed by atoms with Crippen molar-refractivity contribution in [2.24, 2.45) is 0 Å². The first-order chi connectivity index (χ1) is 11.1. The van der Waals surface area contributed by atoms with Crippen LogP contribution in [0.25, 0.3) is 0 Å². The number of ketones is 1. The molecule has 23 heavy (non-hydrogen) atoms. The summed E-state index contributed by atoms with van der Waals surface area (Å²) in [4.78, 5) is 15.9. The normalized spacial score (nSPS) is 15.7. The SMILES string of the molecule is CC(=O)c1ccc(N2CCN(Cc3ccccc3F)CC2)cc1.